The Labute approximate surface area is 129 Å². The normalized spacial score (nSPS) is 31.9. The number of aliphatic hydroxyl groups is 1. The molecule has 22 heavy (non-hydrogen) atoms. The van der Waals surface area contributed by atoms with E-state index in [0.29, 0.717) is 25.1 Å². The van der Waals surface area contributed by atoms with Crippen LogP contribution in [0.15, 0.2) is 4.52 Å². The van der Waals surface area contributed by atoms with Gasteiger partial charge in [0.2, 0.25) is 0 Å². The molecule has 1 saturated carbocycles. The number of hydrogen-bond donors (Lipinski definition) is 2. The van der Waals surface area contributed by atoms with Gasteiger partial charge in [-0.1, -0.05) is 5.16 Å². The molecule has 2 saturated heterocycles. The highest BCUT2D eigenvalue weighted by atomic mass is 16.5. The molecule has 0 unspecified atom stereocenters. The molecule has 0 bridgehead atoms. The molecular weight excluding hydrogens is 286 g/mol. The number of ether oxygens (including phenoxy) is 2. The van der Waals surface area contributed by atoms with Crippen LogP contribution in [0.25, 0.3) is 0 Å². The Hall–Kier alpha value is -1.18. The van der Waals surface area contributed by atoms with Gasteiger partial charge in [0.05, 0.1) is 6.10 Å². The fourth-order valence-electron chi connectivity index (χ4n) is 3.96. The minimum Gasteiger partial charge on any atom is -0.392 e. The first kappa shape index (κ1) is 14.4. The average molecular weight is 309 g/mol. The van der Waals surface area contributed by atoms with E-state index in [1.807, 2.05) is 0 Å². The van der Waals surface area contributed by atoms with Gasteiger partial charge in [0.1, 0.15) is 0 Å². The van der Waals surface area contributed by atoms with E-state index in [4.69, 9.17) is 14.0 Å². The van der Waals surface area contributed by atoms with E-state index in [0.717, 1.165) is 51.1 Å². The highest BCUT2D eigenvalue weighted by molar-refractivity contribution is 5.28. The average Bonchev–Trinajstić information content (AvgIpc) is 3.05. The Balaban J connectivity index is 1.42. The second-order valence-corrected chi connectivity index (χ2v) is 6.64. The van der Waals surface area contributed by atoms with E-state index in [2.05, 4.69) is 15.5 Å². The Morgan fingerprint density at radius 1 is 1.09 bits per heavy atom. The molecule has 1 aromatic heterocycles. The molecule has 2 aliphatic heterocycles. The monoisotopic (exact) mass is 309 g/mol. The third-order valence-electron chi connectivity index (χ3n) is 5.57. The van der Waals surface area contributed by atoms with Gasteiger partial charge >= 0.3 is 6.01 Å². The van der Waals surface area contributed by atoms with E-state index in [9.17, 15) is 5.11 Å². The van der Waals surface area contributed by atoms with Crippen LogP contribution in [-0.2, 0) is 9.47 Å². The van der Waals surface area contributed by atoms with E-state index < -0.39 is 0 Å². The molecule has 2 N–H and O–H groups in total. The maximum absolute atomic E-state index is 10.2. The van der Waals surface area contributed by atoms with Crippen LogP contribution in [0.5, 0.6) is 0 Å². The lowest BCUT2D eigenvalue weighted by atomic mass is 9.58. The summed E-state index contributed by atoms with van der Waals surface area (Å²) < 4.78 is 16.2. The van der Waals surface area contributed by atoms with Gasteiger partial charge in [-0.3, -0.25) is 0 Å². The van der Waals surface area contributed by atoms with Crippen molar-refractivity contribution >= 4 is 6.01 Å². The summed E-state index contributed by atoms with van der Waals surface area (Å²) in [5.74, 6) is 1.10. The van der Waals surface area contributed by atoms with Gasteiger partial charge in [-0.25, -0.2) is 0 Å². The summed E-state index contributed by atoms with van der Waals surface area (Å²) in [4.78, 5) is 4.50. The van der Waals surface area contributed by atoms with Gasteiger partial charge in [0.15, 0.2) is 5.82 Å². The number of nitrogens with one attached hydrogen (secondary N) is 1. The van der Waals surface area contributed by atoms with Crippen molar-refractivity contribution in [2.75, 3.05) is 31.7 Å². The SMILES string of the molecule is O[C@@H]1C[C@@H](Nc2nc(C3CCOCC3)no2)C12CCOCC2. The van der Waals surface area contributed by atoms with Crippen molar-refractivity contribution in [2.24, 2.45) is 5.41 Å². The van der Waals surface area contributed by atoms with Crippen LogP contribution in [0.2, 0.25) is 0 Å². The number of aromatic nitrogens is 2. The minimum absolute atomic E-state index is 0.0917. The predicted octanol–water partition coefficient (Wildman–Crippen LogP) is 1.31. The molecular formula is C15H23N3O4. The maximum atomic E-state index is 10.2. The predicted molar refractivity (Wildman–Crippen MR) is 77.6 cm³/mol. The van der Waals surface area contributed by atoms with Gasteiger partial charge in [0.25, 0.3) is 0 Å². The third-order valence-corrected chi connectivity index (χ3v) is 5.57. The van der Waals surface area contributed by atoms with Gasteiger partial charge < -0.3 is 24.4 Å². The topological polar surface area (TPSA) is 89.6 Å². The summed E-state index contributed by atoms with van der Waals surface area (Å²) in [5.41, 5.74) is -0.0917. The molecule has 3 fully saturated rings. The fraction of sp³-hybridized carbons (Fsp3) is 0.867. The maximum Gasteiger partial charge on any atom is 0.321 e. The molecule has 7 nitrogen and oxygen atoms in total. The Morgan fingerprint density at radius 2 is 1.82 bits per heavy atom. The Morgan fingerprint density at radius 3 is 2.55 bits per heavy atom. The van der Waals surface area contributed by atoms with Crippen molar-refractivity contribution in [1.29, 1.82) is 0 Å². The molecule has 3 heterocycles. The van der Waals surface area contributed by atoms with Crippen molar-refractivity contribution in [1.82, 2.24) is 10.1 Å². The zero-order valence-corrected chi connectivity index (χ0v) is 12.7. The van der Waals surface area contributed by atoms with Gasteiger partial charge in [0, 0.05) is 43.8 Å². The zero-order valence-electron chi connectivity index (χ0n) is 12.7. The molecule has 1 aliphatic carbocycles. The fourth-order valence-corrected chi connectivity index (χ4v) is 3.96. The Bertz CT molecular complexity index is 509. The second-order valence-electron chi connectivity index (χ2n) is 6.64. The lowest BCUT2D eigenvalue weighted by molar-refractivity contribution is -0.133. The lowest BCUT2D eigenvalue weighted by Crippen LogP contribution is -2.62. The summed E-state index contributed by atoms with van der Waals surface area (Å²) in [6, 6.07) is 0.665. The summed E-state index contributed by atoms with van der Waals surface area (Å²) in [7, 11) is 0. The molecule has 0 radical (unpaired) electrons. The van der Waals surface area contributed by atoms with Crippen LogP contribution in [0.4, 0.5) is 6.01 Å². The number of nitrogens with zero attached hydrogens (tertiary/aromatic N) is 2. The van der Waals surface area contributed by atoms with Crippen molar-refractivity contribution in [2.45, 2.75) is 50.2 Å². The van der Waals surface area contributed by atoms with Crippen molar-refractivity contribution in [3.8, 4) is 0 Å². The molecule has 3 aliphatic rings. The van der Waals surface area contributed by atoms with E-state index in [-0.39, 0.29) is 17.6 Å². The first-order valence-corrected chi connectivity index (χ1v) is 8.22. The number of anilines is 1. The van der Waals surface area contributed by atoms with Gasteiger partial charge in [-0.15, -0.1) is 0 Å². The quantitative estimate of drug-likeness (QED) is 0.870. The molecule has 0 amide bonds. The van der Waals surface area contributed by atoms with Crippen molar-refractivity contribution in [3.63, 3.8) is 0 Å². The molecule has 7 heteroatoms. The molecule has 122 valence electrons. The zero-order chi connectivity index (χ0) is 15.0. The Kier molecular flexibility index (Phi) is 3.79. The summed E-state index contributed by atoms with van der Waals surface area (Å²) in [6.07, 6.45) is 4.13. The molecule has 0 aromatic carbocycles. The number of hydrogen-bond acceptors (Lipinski definition) is 7. The molecule has 4 rings (SSSR count). The largest absolute Gasteiger partial charge is 0.392 e. The van der Waals surface area contributed by atoms with Crippen LogP contribution in [0, 0.1) is 5.41 Å². The molecule has 1 spiro atoms. The van der Waals surface area contributed by atoms with E-state index >= 15 is 0 Å². The van der Waals surface area contributed by atoms with Crippen LogP contribution < -0.4 is 5.32 Å². The third kappa shape index (κ3) is 2.41. The first-order chi connectivity index (χ1) is 10.8. The smallest absolute Gasteiger partial charge is 0.321 e. The van der Waals surface area contributed by atoms with Crippen LogP contribution in [0.1, 0.15) is 43.8 Å². The lowest BCUT2D eigenvalue weighted by Gasteiger charge is -2.55. The number of rotatable bonds is 3. The van der Waals surface area contributed by atoms with Gasteiger partial charge in [-0.05, 0) is 32.1 Å². The standard InChI is InChI=1S/C15H23N3O4/c19-12-9-11(15(12)3-7-21-8-4-15)16-14-17-13(18-22-14)10-1-5-20-6-2-10/h10-12,19H,1-9H2,(H,16,17,18)/t11-,12-/m1/s1. The molecule has 1 aromatic rings. The van der Waals surface area contributed by atoms with Crippen LogP contribution in [-0.4, -0.2) is 53.8 Å². The van der Waals surface area contributed by atoms with E-state index in [1.165, 1.54) is 0 Å². The van der Waals surface area contributed by atoms with Crippen LogP contribution in [0.3, 0.4) is 0 Å². The van der Waals surface area contributed by atoms with Crippen molar-refractivity contribution in [3.05, 3.63) is 5.82 Å². The van der Waals surface area contributed by atoms with Gasteiger partial charge in [-0.2, -0.15) is 4.98 Å². The number of aliphatic hydroxyl groups excluding tert-OH is 1. The van der Waals surface area contributed by atoms with Crippen LogP contribution >= 0.6 is 0 Å². The van der Waals surface area contributed by atoms with E-state index in [1.54, 1.807) is 0 Å². The minimum atomic E-state index is -0.258. The highest BCUT2D eigenvalue weighted by Crippen LogP contribution is 2.50. The first-order valence-electron chi connectivity index (χ1n) is 8.22. The summed E-state index contributed by atoms with van der Waals surface area (Å²) in [6.45, 7) is 2.96. The molecule has 2 atom stereocenters. The second kappa shape index (κ2) is 5.79. The van der Waals surface area contributed by atoms with Crippen molar-refractivity contribution < 1.29 is 19.1 Å². The summed E-state index contributed by atoms with van der Waals surface area (Å²) in [5, 5.41) is 17.7. The highest BCUT2D eigenvalue weighted by Gasteiger charge is 2.55. The summed E-state index contributed by atoms with van der Waals surface area (Å²) >= 11 is 0.